The number of aromatic nitrogens is 4. The molecule has 0 saturated carbocycles. The van der Waals surface area contributed by atoms with Crippen LogP contribution in [-0.4, -0.2) is 49.4 Å². The lowest BCUT2D eigenvalue weighted by Gasteiger charge is -2.26. The minimum Gasteiger partial charge on any atom is -0.339 e. The van der Waals surface area contributed by atoms with E-state index < -0.39 is 17.8 Å². The summed E-state index contributed by atoms with van der Waals surface area (Å²) in [6, 6.07) is 11.0. The number of anilines is 1. The van der Waals surface area contributed by atoms with Gasteiger partial charge in [0.15, 0.2) is 0 Å². The normalized spacial score (nSPS) is 14.1. The van der Waals surface area contributed by atoms with Gasteiger partial charge in [-0.15, -0.1) is 0 Å². The van der Waals surface area contributed by atoms with Gasteiger partial charge in [0.2, 0.25) is 5.91 Å². The van der Waals surface area contributed by atoms with Crippen molar-refractivity contribution in [1.29, 1.82) is 0 Å². The molecule has 0 radical (unpaired) electrons. The summed E-state index contributed by atoms with van der Waals surface area (Å²) in [6.45, 7) is 1.50. The molecule has 5 heterocycles. The molecule has 0 unspecified atom stereocenters. The second-order valence-electron chi connectivity index (χ2n) is 8.83. The molecule has 1 saturated heterocycles. The molecule has 1 N–H and O–H groups in total. The highest BCUT2D eigenvalue weighted by Gasteiger charge is 2.32. The van der Waals surface area contributed by atoms with E-state index in [1.807, 2.05) is 23.1 Å². The Hall–Kier alpha value is -4.28. The first-order valence-corrected chi connectivity index (χ1v) is 11.8. The average Bonchev–Trinajstić information content (AvgIpc) is 3.33. The van der Waals surface area contributed by atoms with Gasteiger partial charge in [-0.05, 0) is 55.2 Å². The van der Waals surface area contributed by atoms with Crippen LogP contribution in [0.25, 0.3) is 16.8 Å². The zero-order valence-corrected chi connectivity index (χ0v) is 19.7. The molecular formula is C26H23F3N6O2. The van der Waals surface area contributed by atoms with Crippen molar-refractivity contribution in [2.24, 2.45) is 0 Å². The lowest BCUT2D eigenvalue weighted by atomic mass is 10.1. The molecule has 1 aliphatic rings. The predicted octanol–water partition coefficient (Wildman–Crippen LogP) is 4.62. The van der Waals surface area contributed by atoms with Crippen molar-refractivity contribution < 1.29 is 22.8 Å². The number of nitrogens with zero attached hydrogens (tertiary/aromatic N) is 5. The molecule has 8 nitrogen and oxygen atoms in total. The maximum Gasteiger partial charge on any atom is 0.433 e. The fourth-order valence-electron chi connectivity index (χ4n) is 4.35. The van der Waals surface area contributed by atoms with Gasteiger partial charge in [-0.2, -0.15) is 18.3 Å². The number of hydrogen-bond acceptors (Lipinski definition) is 5. The maximum absolute atomic E-state index is 13.0. The lowest BCUT2D eigenvalue weighted by molar-refractivity contribution is -0.141. The van der Waals surface area contributed by atoms with Gasteiger partial charge in [0.1, 0.15) is 11.5 Å². The quantitative estimate of drug-likeness (QED) is 0.425. The van der Waals surface area contributed by atoms with E-state index in [1.54, 1.807) is 29.0 Å². The third kappa shape index (κ3) is 5.30. The number of piperidine rings is 1. The predicted molar refractivity (Wildman–Crippen MR) is 130 cm³/mol. The minimum atomic E-state index is -4.53. The summed E-state index contributed by atoms with van der Waals surface area (Å²) in [4.78, 5) is 34.9. The van der Waals surface area contributed by atoms with Gasteiger partial charge in [-0.1, -0.05) is 12.1 Å². The monoisotopic (exact) mass is 508 g/mol. The van der Waals surface area contributed by atoms with Crippen molar-refractivity contribution in [3.63, 3.8) is 0 Å². The molecule has 0 bridgehead atoms. The first-order valence-electron chi connectivity index (χ1n) is 11.8. The van der Waals surface area contributed by atoms with Crippen molar-refractivity contribution in [2.45, 2.75) is 31.9 Å². The highest BCUT2D eigenvalue weighted by atomic mass is 19.4. The summed E-state index contributed by atoms with van der Waals surface area (Å²) in [5, 5.41) is 7.08. The molecule has 0 aromatic carbocycles. The highest BCUT2D eigenvalue weighted by molar-refractivity contribution is 6.01. The molecule has 1 fully saturated rings. The first-order chi connectivity index (χ1) is 17.8. The molecule has 4 aromatic heterocycles. The van der Waals surface area contributed by atoms with Gasteiger partial charge < -0.3 is 10.2 Å². The van der Waals surface area contributed by atoms with E-state index in [0.29, 0.717) is 22.5 Å². The van der Waals surface area contributed by atoms with E-state index in [0.717, 1.165) is 55.9 Å². The van der Waals surface area contributed by atoms with Crippen LogP contribution in [0.15, 0.2) is 61.1 Å². The first kappa shape index (κ1) is 24.4. The second-order valence-corrected chi connectivity index (χ2v) is 8.83. The zero-order valence-electron chi connectivity index (χ0n) is 19.7. The summed E-state index contributed by atoms with van der Waals surface area (Å²) < 4.78 is 39.7. The number of pyridine rings is 3. The van der Waals surface area contributed by atoms with Gasteiger partial charge in [-0.25, -0.2) is 9.50 Å². The van der Waals surface area contributed by atoms with Crippen molar-refractivity contribution in [1.82, 2.24) is 24.5 Å². The summed E-state index contributed by atoms with van der Waals surface area (Å²) in [5.41, 5.74) is 2.06. The minimum absolute atomic E-state index is 0.0220. The second kappa shape index (κ2) is 10.00. The van der Waals surface area contributed by atoms with E-state index in [4.69, 9.17) is 0 Å². The van der Waals surface area contributed by atoms with Crippen LogP contribution in [0, 0.1) is 0 Å². The Morgan fingerprint density at radius 1 is 0.919 bits per heavy atom. The number of hydrogen-bond donors (Lipinski definition) is 1. The van der Waals surface area contributed by atoms with E-state index in [2.05, 4.69) is 20.4 Å². The molecular weight excluding hydrogens is 485 g/mol. The van der Waals surface area contributed by atoms with Crippen LogP contribution in [0.1, 0.15) is 40.9 Å². The Balaban J connectivity index is 1.28. The van der Waals surface area contributed by atoms with Crippen molar-refractivity contribution >= 4 is 23.1 Å². The molecule has 0 atom stereocenters. The van der Waals surface area contributed by atoms with Crippen molar-refractivity contribution in [3.8, 4) is 11.3 Å². The number of fused-ring (bicyclic) bond motifs is 1. The SMILES string of the molecule is O=C(Cc1ccc(C(F)(F)F)nc1)Nc1ccc(-c2cccc3c(C(=O)N4CCCCC4)cnn23)cn1. The molecule has 37 heavy (non-hydrogen) atoms. The lowest BCUT2D eigenvalue weighted by Crippen LogP contribution is -2.35. The number of likely N-dealkylation sites (tertiary alicyclic amines) is 1. The van der Waals surface area contributed by atoms with Crippen LogP contribution in [0.5, 0.6) is 0 Å². The standard InChI is InChI=1S/C26H23F3N6O2/c27-26(28,29)22-9-7-17(14-30-22)13-24(36)33-23-10-8-18(15-31-23)20-5-4-6-21-19(16-32-35(20)21)25(37)34-11-2-1-3-12-34/h4-10,14-16H,1-3,11-13H2,(H,31,33,36). The van der Waals surface area contributed by atoms with Gasteiger partial charge in [0.25, 0.3) is 5.91 Å². The molecule has 11 heteroatoms. The van der Waals surface area contributed by atoms with Crippen molar-refractivity contribution in [3.05, 3.63) is 77.9 Å². The number of carbonyl (C=O) groups is 2. The van der Waals surface area contributed by atoms with Crippen LogP contribution in [0.3, 0.4) is 0 Å². The Bertz CT molecular complexity index is 1430. The van der Waals surface area contributed by atoms with Gasteiger partial charge >= 0.3 is 6.18 Å². The molecule has 190 valence electrons. The maximum atomic E-state index is 13.0. The highest BCUT2D eigenvalue weighted by Crippen LogP contribution is 2.27. The smallest absolute Gasteiger partial charge is 0.339 e. The molecule has 0 spiro atoms. The van der Waals surface area contributed by atoms with Crippen LogP contribution in [0.2, 0.25) is 0 Å². The van der Waals surface area contributed by atoms with E-state index in [-0.39, 0.29) is 12.3 Å². The number of rotatable bonds is 5. The summed E-state index contributed by atoms with van der Waals surface area (Å²) in [6.07, 6.45) is 2.68. The van der Waals surface area contributed by atoms with E-state index in [1.165, 1.54) is 6.07 Å². The molecule has 4 aromatic rings. The summed E-state index contributed by atoms with van der Waals surface area (Å²) in [7, 11) is 0. The van der Waals surface area contributed by atoms with E-state index >= 15 is 0 Å². The zero-order chi connectivity index (χ0) is 26.0. The molecule has 1 aliphatic heterocycles. The molecule has 2 amide bonds. The number of halogens is 3. The van der Waals surface area contributed by atoms with Gasteiger partial charge in [-0.3, -0.25) is 14.6 Å². The Labute approximate surface area is 210 Å². The summed E-state index contributed by atoms with van der Waals surface area (Å²) in [5.74, 6) is -0.162. The fourth-order valence-corrected chi connectivity index (χ4v) is 4.35. The van der Waals surface area contributed by atoms with Crippen LogP contribution < -0.4 is 5.32 Å². The Kier molecular flexibility index (Phi) is 6.60. The third-order valence-electron chi connectivity index (χ3n) is 6.22. The summed E-state index contributed by atoms with van der Waals surface area (Å²) >= 11 is 0. The van der Waals surface area contributed by atoms with Gasteiger partial charge in [0.05, 0.1) is 29.4 Å². The number of nitrogens with one attached hydrogen (secondary N) is 1. The van der Waals surface area contributed by atoms with Crippen LogP contribution >= 0.6 is 0 Å². The van der Waals surface area contributed by atoms with Crippen LogP contribution in [-0.2, 0) is 17.4 Å². The van der Waals surface area contributed by atoms with E-state index in [9.17, 15) is 22.8 Å². The molecule has 0 aliphatic carbocycles. The Morgan fingerprint density at radius 3 is 2.41 bits per heavy atom. The van der Waals surface area contributed by atoms with Gasteiger partial charge in [0, 0.05) is 31.0 Å². The topological polar surface area (TPSA) is 92.5 Å². The number of alkyl halides is 3. The average molecular weight is 509 g/mol. The Morgan fingerprint density at radius 2 is 1.73 bits per heavy atom. The fraction of sp³-hybridized carbons (Fsp3) is 0.269. The van der Waals surface area contributed by atoms with Crippen LogP contribution in [0.4, 0.5) is 19.0 Å². The van der Waals surface area contributed by atoms with Crippen molar-refractivity contribution in [2.75, 3.05) is 18.4 Å². The molecule has 5 rings (SSSR count). The third-order valence-corrected chi connectivity index (χ3v) is 6.22. The largest absolute Gasteiger partial charge is 0.433 e. The number of amides is 2. The number of carbonyl (C=O) groups excluding carboxylic acids is 2.